The van der Waals surface area contributed by atoms with Crippen LogP contribution >= 0.6 is 0 Å². The molecule has 0 saturated carbocycles. The molecule has 6 nitrogen and oxygen atoms in total. The highest BCUT2D eigenvalue weighted by molar-refractivity contribution is 5.91. The Morgan fingerprint density at radius 1 is 1.00 bits per heavy atom. The third-order valence-corrected chi connectivity index (χ3v) is 0.769. The molecule has 0 aliphatic heterocycles. The average Bonchev–Trinajstić information content (AvgIpc) is 2.02. The molecule has 0 aromatic carbocycles. The lowest BCUT2D eigenvalue weighted by atomic mass is 10.5. The summed E-state index contributed by atoms with van der Waals surface area (Å²) in [6.07, 6.45) is 1.54. The number of hydrogen-bond donors (Lipinski definition) is 2. The third kappa shape index (κ3) is 5.39. The van der Waals surface area contributed by atoms with Crippen LogP contribution in [0.15, 0.2) is 12.2 Å². The Balaban J connectivity index is 3.73. The number of aliphatic hydroxyl groups is 2. The summed E-state index contributed by atoms with van der Waals surface area (Å²) >= 11 is 0. The number of carbonyl (C=O) groups excluding carboxylic acids is 2. The van der Waals surface area contributed by atoms with E-state index in [4.69, 9.17) is 10.2 Å². The lowest BCUT2D eigenvalue weighted by Crippen LogP contribution is -2.05. The lowest BCUT2D eigenvalue weighted by molar-refractivity contribution is -0.148. The number of ether oxygens (including phenoxy) is 2. The van der Waals surface area contributed by atoms with Crippen molar-refractivity contribution in [2.75, 3.05) is 13.6 Å². The summed E-state index contributed by atoms with van der Waals surface area (Å²) in [4.78, 5) is 20.8. The first kappa shape index (κ1) is 10.6. The molecule has 0 atom stereocenters. The third-order valence-electron chi connectivity index (χ3n) is 0.769. The summed E-state index contributed by atoms with van der Waals surface area (Å²) in [6.45, 7) is -1.50. The Labute approximate surface area is 68.0 Å². The fraction of sp³-hybridized carbons (Fsp3) is 0.333. The quantitative estimate of drug-likeness (QED) is 0.308. The van der Waals surface area contributed by atoms with Gasteiger partial charge in [-0.15, -0.1) is 0 Å². The minimum absolute atomic E-state index is 0.752. The van der Waals surface area contributed by atoms with Crippen LogP contribution < -0.4 is 0 Å². The van der Waals surface area contributed by atoms with Crippen LogP contribution in [0.1, 0.15) is 0 Å². The molecule has 0 aromatic rings. The van der Waals surface area contributed by atoms with Gasteiger partial charge in [0, 0.05) is 12.2 Å². The Kier molecular flexibility index (Phi) is 5.58. The van der Waals surface area contributed by atoms with Gasteiger partial charge in [-0.25, -0.2) is 9.59 Å². The fourth-order valence-electron chi connectivity index (χ4n) is 0.360. The Hall–Kier alpha value is -1.40. The number of aliphatic hydroxyl groups excluding tert-OH is 2. The van der Waals surface area contributed by atoms with Crippen molar-refractivity contribution in [2.24, 2.45) is 0 Å². The van der Waals surface area contributed by atoms with Gasteiger partial charge >= 0.3 is 11.9 Å². The molecule has 0 amide bonds. The van der Waals surface area contributed by atoms with E-state index in [1.54, 1.807) is 0 Å². The molecule has 0 aliphatic carbocycles. The minimum atomic E-state index is -0.868. The van der Waals surface area contributed by atoms with Crippen molar-refractivity contribution in [3.63, 3.8) is 0 Å². The lowest BCUT2D eigenvalue weighted by Gasteiger charge is -1.94. The molecule has 0 rings (SSSR count). The van der Waals surface area contributed by atoms with Gasteiger partial charge < -0.3 is 19.7 Å². The van der Waals surface area contributed by atoms with Crippen molar-refractivity contribution in [2.45, 2.75) is 0 Å². The monoisotopic (exact) mass is 176 g/mol. The van der Waals surface area contributed by atoms with Crippen molar-refractivity contribution >= 4 is 11.9 Å². The van der Waals surface area contributed by atoms with E-state index in [1.165, 1.54) is 0 Å². The summed E-state index contributed by atoms with van der Waals surface area (Å²) in [5.74, 6) is -1.74. The van der Waals surface area contributed by atoms with Crippen molar-refractivity contribution in [3.8, 4) is 0 Å². The fourth-order valence-corrected chi connectivity index (χ4v) is 0.360. The van der Waals surface area contributed by atoms with Gasteiger partial charge in [0.2, 0.25) is 0 Å². The van der Waals surface area contributed by atoms with Crippen molar-refractivity contribution in [1.82, 2.24) is 0 Å². The van der Waals surface area contributed by atoms with E-state index < -0.39 is 25.5 Å². The highest BCUT2D eigenvalue weighted by Crippen LogP contribution is 1.83. The van der Waals surface area contributed by atoms with E-state index in [0.717, 1.165) is 12.2 Å². The van der Waals surface area contributed by atoms with Gasteiger partial charge in [-0.3, -0.25) is 0 Å². The summed E-state index contributed by atoms with van der Waals surface area (Å²) in [7, 11) is 0. The van der Waals surface area contributed by atoms with Crippen molar-refractivity contribution < 1.29 is 29.3 Å². The van der Waals surface area contributed by atoms with Gasteiger partial charge in [-0.05, 0) is 0 Å². The van der Waals surface area contributed by atoms with Crippen LogP contribution in [-0.4, -0.2) is 35.7 Å². The van der Waals surface area contributed by atoms with Gasteiger partial charge in [0.15, 0.2) is 13.6 Å². The van der Waals surface area contributed by atoms with E-state index in [-0.39, 0.29) is 0 Å². The molecular formula is C6H8O6. The molecule has 0 fully saturated rings. The van der Waals surface area contributed by atoms with Gasteiger partial charge in [-0.2, -0.15) is 0 Å². The largest absolute Gasteiger partial charge is 0.436 e. The van der Waals surface area contributed by atoms with Crippen molar-refractivity contribution in [1.29, 1.82) is 0 Å². The van der Waals surface area contributed by atoms with E-state index in [1.807, 2.05) is 0 Å². The minimum Gasteiger partial charge on any atom is -0.436 e. The van der Waals surface area contributed by atoms with E-state index >= 15 is 0 Å². The SMILES string of the molecule is O=C(/C=C\C(=O)OCO)OCO. The molecule has 0 spiro atoms. The molecule has 2 N–H and O–H groups in total. The second-order valence-corrected chi connectivity index (χ2v) is 1.52. The molecule has 0 radical (unpaired) electrons. The van der Waals surface area contributed by atoms with Gasteiger partial charge in [0.25, 0.3) is 0 Å². The summed E-state index contributed by atoms with van der Waals surface area (Å²) in [6, 6.07) is 0. The van der Waals surface area contributed by atoms with Crippen LogP contribution in [0.2, 0.25) is 0 Å². The summed E-state index contributed by atoms with van der Waals surface area (Å²) in [5, 5.41) is 16.1. The van der Waals surface area contributed by atoms with E-state index in [9.17, 15) is 9.59 Å². The zero-order valence-electron chi connectivity index (χ0n) is 6.10. The standard InChI is InChI=1S/C6H8O6/c7-3-11-5(9)1-2-6(10)12-4-8/h1-2,7-8H,3-4H2/b2-1-. The predicted octanol–water partition coefficient (Wildman–Crippen LogP) is -1.47. The maximum atomic E-state index is 10.4. The van der Waals surface area contributed by atoms with Crippen molar-refractivity contribution in [3.05, 3.63) is 12.2 Å². The van der Waals surface area contributed by atoms with Crippen LogP contribution in [0.25, 0.3) is 0 Å². The maximum Gasteiger partial charge on any atom is 0.333 e. The molecule has 0 aliphatic rings. The maximum absolute atomic E-state index is 10.4. The van der Waals surface area contributed by atoms with Crippen LogP contribution in [0.3, 0.4) is 0 Å². The van der Waals surface area contributed by atoms with Gasteiger partial charge in [-0.1, -0.05) is 0 Å². The summed E-state index contributed by atoms with van der Waals surface area (Å²) < 4.78 is 8.06. The van der Waals surface area contributed by atoms with Crippen LogP contribution in [0, 0.1) is 0 Å². The first-order chi connectivity index (χ1) is 5.70. The average molecular weight is 176 g/mol. The first-order valence-corrected chi connectivity index (χ1v) is 2.94. The first-order valence-electron chi connectivity index (χ1n) is 2.94. The second-order valence-electron chi connectivity index (χ2n) is 1.52. The van der Waals surface area contributed by atoms with Gasteiger partial charge in [0.05, 0.1) is 0 Å². The Morgan fingerprint density at radius 2 is 1.33 bits per heavy atom. The molecule has 0 aromatic heterocycles. The highest BCUT2D eigenvalue weighted by atomic mass is 16.6. The molecular weight excluding hydrogens is 168 g/mol. The van der Waals surface area contributed by atoms with Crippen LogP contribution in [0.4, 0.5) is 0 Å². The topological polar surface area (TPSA) is 93.1 Å². The summed E-state index contributed by atoms with van der Waals surface area (Å²) in [5.41, 5.74) is 0. The van der Waals surface area contributed by atoms with Crippen LogP contribution in [-0.2, 0) is 19.1 Å². The Bertz CT molecular complexity index is 164. The molecule has 68 valence electrons. The number of carbonyl (C=O) groups is 2. The number of rotatable bonds is 4. The molecule has 0 saturated heterocycles. The predicted molar refractivity (Wildman–Crippen MR) is 35.5 cm³/mol. The number of esters is 2. The zero-order valence-corrected chi connectivity index (χ0v) is 6.10. The highest BCUT2D eigenvalue weighted by Gasteiger charge is 1.98. The van der Waals surface area contributed by atoms with Gasteiger partial charge in [0.1, 0.15) is 0 Å². The number of hydrogen-bond acceptors (Lipinski definition) is 6. The molecule has 0 unspecified atom stereocenters. The molecule has 12 heavy (non-hydrogen) atoms. The molecule has 0 heterocycles. The smallest absolute Gasteiger partial charge is 0.333 e. The molecule has 0 bridgehead atoms. The second kappa shape index (κ2) is 6.32. The van der Waals surface area contributed by atoms with E-state index in [2.05, 4.69) is 9.47 Å². The Morgan fingerprint density at radius 3 is 1.58 bits per heavy atom. The van der Waals surface area contributed by atoms with E-state index in [0.29, 0.717) is 0 Å². The zero-order chi connectivity index (χ0) is 9.40. The normalized spacial score (nSPS) is 9.83. The molecule has 6 heteroatoms. The van der Waals surface area contributed by atoms with Crippen LogP contribution in [0.5, 0.6) is 0 Å².